The molecule has 0 bridgehead atoms. The van der Waals surface area contributed by atoms with Crippen LogP contribution in [0.3, 0.4) is 0 Å². The minimum absolute atomic E-state index is 0.0893. The second kappa shape index (κ2) is 8.33. The minimum atomic E-state index is -3.61. The number of sulfone groups is 1. The molecule has 8 heteroatoms. The summed E-state index contributed by atoms with van der Waals surface area (Å²) in [4.78, 5) is 20.0. The fraction of sp³-hybridized carbons (Fsp3) is 0.333. The molecule has 1 atom stereocenters. The monoisotopic (exact) mass is 467 g/mol. The number of carbonyl (C=O) groups excluding carboxylic acids is 1. The zero-order valence-electron chi connectivity index (χ0n) is 17.8. The normalized spacial score (nSPS) is 18.1. The Bertz CT molecular complexity index is 1250. The number of anilines is 3. The SMILES string of the molecule is CN1c2ccccc2S(=O)(=O)c2ccc(C(CC3CCCC3)C(=O)Nc3nccs3)cc21. The minimum Gasteiger partial charge on any atom is -0.342 e. The average Bonchev–Trinajstić information content (AvgIpc) is 3.50. The number of para-hydroxylation sites is 1. The highest BCUT2D eigenvalue weighted by molar-refractivity contribution is 7.92. The van der Waals surface area contributed by atoms with Gasteiger partial charge in [0.2, 0.25) is 15.7 Å². The van der Waals surface area contributed by atoms with Crippen LogP contribution in [-0.4, -0.2) is 26.4 Å². The first-order valence-corrected chi connectivity index (χ1v) is 13.2. The average molecular weight is 468 g/mol. The van der Waals surface area contributed by atoms with Crippen LogP contribution in [-0.2, 0) is 14.6 Å². The predicted molar refractivity (Wildman–Crippen MR) is 126 cm³/mol. The van der Waals surface area contributed by atoms with E-state index in [1.165, 1.54) is 24.2 Å². The third-order valence-corrected chi connectivity index (χ3v) is 9.11. The van der Waals surface area contributed by atoms with Crippen molar-refractivity contribution in [1.82, 2.24) is 4.98 Å². The van der Waals surface area contributed by atoms with Crippen LogP contribution in [0, 0.1) is 5.92 Å². The highest BCUT2D eigenvalue weighted by atomic mass is 32.2. The summed E-state index contributed by atoms with van der Waals surface area (Å²) >= 11 is 1.39. The number of thiazole rings is 1. The van der Waals surface area contributed by atoms with Crippen molar-refractivity contribution in [3.8, 4) is 0 Å². The van der Waals surface area contributed by atoms with Crippen molar-refractivity contribution >= 4 is 43.6 Å². The number of benzene rings is 2. The molecule has 1 fully saturated rings. The van der Waals surface area contributed by atoms with Crippen molar-refractivity contribution in [1.29, 1.82) is 0 Å². The zero-order chi connectivity index (χ0) is 22.3. The van der Waals surface area contributed by atoms with Crippen LogP contribution in [0.1, 0.15) is 43.6 Å². The lowest BCUT2D eigenvalue weighted by molar-refractivity contribution is -0.118. The van der Waals surface area contributed by atoms with Crippen LogP contribution in [0.25, 0.3) is 0 Å². The zero-order valence-corrected chi connectivity index (χ0v) is 19.5. The first-order valence-electron chi connectivity index (χ1n) is 10.9. The van der Waals surface area contributed by atoms with Crippen LogP contribution in [0.5, 0.6) is 0 Å². The summed E-state index contributed by atoms with van der Waals surface area (Å²) in [6.07, 6.45) is 7.09. The smallest absolute Gasteiger partial charge is 0.233 e. The number of nitrogens with zero attached hydrogens (tertiary/aromatic N) is 2. The maximum atomic E-state index is 13.3. The first kappa shape index (κ1) is 21.2. The van der Waals surface area contributed by atoms with E-state index in [0.717, 1.165) is 24.8 Å². The number of carbonyl (C=O) groups is 1. The summed E-state index contributed by atoms with van der Waals surface area (Å²) in [7, 11) is -1.74. The quantitative estimate of drug-likeness (QED) is 0.546. The Morgan fingerprint density at radius 3 is 2.66 bits per heavy atom. The lowest BCUT2D eigenvalue weighted by atomic mass is 9.87. The molecule has 0 radical (unpaired) electrons. The van der Waals surface area contributed by atoms with Gasteiger partial charge in [-0.1, -0.05) is 43.9 Å². The van der Waals surface area contributed by atoms with Crippen LogP contribution >= 0.6 is 11.3 Å². The van der Waals surface area contributed by atoms with Crippen molar-refractivity contribution < 1.29 is 13.2 Å². The van der Waals surface area contributed by atoms with E-state index in [1.807, 2.05) is 35.5 Å². The molecular formula is C24H25N3O3S2. The van der Waals surface area contributed by atoms with Crippen molar-refractivity contribution in [3.05, 3.63) is 59.6 Å². The Kier molecular flexibility index (Phi) is 5.51. The standard InChI is InChI=1S/C24H25N3O3S2/c1-27-19-8-4-5-9-21(19)32(29,30)22-11-10-17(15-20(22)27)18(14-16-6-2-3-7-16)23(28)26-24-25-12-13-31-24/h4-5,8-13,15-16,18H,2-3,6-7,14H2,1H3,(H,25,26,28). The molecule has 1 amide bonds. The molecule has 5 rings (SSSR count). The number of aromatic nitrogens is 1. The van der Waals surface area contributed by atoms with E-state index in [0.29, 0.717) is 27.3 Å². The molecule has 1 N–H and O–H groups in total. The number of rotatable bonds is 5. The van der Waals surface area contributed by atoms with Gasteiger partial charge in [-0.05, 0) is 42.2 Å². The molecule has 166 valence electrons. The van der Waals surface area contributed by atoms with E-state index in [9.17, 15) is 13.2 Å². The highest BCUT2D eigenvalue weighted by Gasteiger charge is 2.34. The molecule has 1 aliphatic heterocycles. The van der Waals surface area contributed by atoms with Gasteiger partial charge in [0.25, 0.3) is 0 Å². The van der Waals surface area contributed by atoms with Gasteiger partial charge in [0, 0.05) is 18.6 Å². The van der Waals surface area contributed by atoms with Gasteiger partial charge < -0.3 is 10.2 Å². The summed E-state index contributed by atoms with van der Waals surface area (Å²) in [5, 5.41) is 5.37. The molecule has 1 saturated carbocycles. The summed E-state index contributed by atoms with van der Waals surface area (Å²) in [5.74, 6) is 0.0503. The van der Waals surface area contributed by atoms with Gasteiger partial charge >= 0.3 is 0 Å². The Labute approximate surface area is 192 Å². The van der Waals surface area contributed by atoms with E-state index in [-0.39, 0.29) is 16.7 Å². The molecule has 0 saturated heterocycles. The Balaban J connectivity index is 1.54. The van der Waals surface area contributed by atoms with Crippen LogP contribution in [0.15, 0.2) is 63.8 Å². The van der Waals surface area contributed by atoms with E-state index < -0.39 is 9.84 Å². The molecule has 6 nitrogen and oxygen atoms in total. The number of hydrogen-bond acceptors (Lipinski definition) is 6. The second-order valence-electron chi connectivity index (χ2n) is 8.52. The third kappa shape index (κ3) is 3.71. The van der Waals surface area contributed by atoms with Crippen molar-refractivity contribution in [2.75, 3.05) is 17.3 Å². The number of nitrogens with one attached hydrogen (secondary N) is 1. The summed E-state index contributed by atoms with van der Waals surface area (Å²) in [6.45, 7) is 0. The lowest BCUT2D eigenvalue weighted by Crippen LogP contribution is -2.25. The molecule has 0 spiro atoms. The van der Waals surface area contributed by atoms with E-state index in [4.69, 9.17) is 0 Å². The maximum Gasteiger partial charge on any atom is 0.233 e. The van der Waals surface area contributed by atoms with Gasteiger partial charge in [-0.2, -0.15) is 0 Å². The molecule has 32 heavy (non-hydrogen) atoms. The lowest BCUT2D eigenvalue weighted by Gasteiger charge is -2.31. The summed E-state index contributed by atoms with van der Waals surface area (Å²) < 4.78 is 26.5. The van der Waals surface area contributed by atoms with Crippen molar-refractivity contribution in [3.63, 3.8) is 0 Å². The van der Waals surface area contributed by atoms with Gasteiger partial charge in [0.15, 0.2) is 5.13 Å². The van der Waals surface area contributed by atoms with Gasteiger partial charge in [-0.3, -0.25) is 4.79 Å². The molecule has 3 aromatic rings. The molecule has 2 aliphatic rings. The van der Waals surface area contributed by atoms with Crippen LogP contribution in [0.4, 0.5) is 16.5 Å². The first-order chi connectivity index (χ1) is 15.4. The Morgan fingerprint density at radius 2 is 1.91 bits per heavy atom. The molecular weight excluding hydrogens is 442 g/mol. The predicted octanol–water partition coefficient (Wildman–Crippen LogP) is 5.36. The summed E-state index contributed by atoms with van der Waals surface area (Å²) in [5.41, 5.74) is 2.10. The molecule has 1 aliphatic carbocycles. The van der Waals surface area contributed by atoms with Gasteiger partial charge in [-0.25, -0.2) is 13.4 Å². The van der Waals surface area contributed by atoms with E-state index in [1.54, 1.807) is 30.5 Å². The Morgan fingerprint density at radius 1 is 1.16 bits per heavy atom. The van der Waals surface area contributed by atoms with Gasteiger partial charge in [0.1, 0.15) is 0 Å². The van der Waals surface area contributed by atoms with Gasteiger partial charge in [-0.15, -0.1) is 11.3 Å². The number of amides is 1. The molecule has 1 unspecified atom stereocenters. The fourth-order valence-electron chi connectivity index (χ4n) is 4.90. The van der Waals surface area contributed by atoms with E-state index >= 15 is 0 Å². The topological polar surface area (TPSA) is 79.4 Å². The second-order valence-corrected chi connectivity index (χ2v) is 11.3. The van der Waals surface area contributed by atoms with Crippen LogP contribution in [0.2, 0.25) is 0 Å². The largest absolute Gasteiger partial charge is 0.342 e. The van der Waals surface area contributed by atoms with E-state index in [2.05, 4.69) is 10.3 Å². The maximum absolute atomic E-state index is 13.3. The van der Waals surface area contributed by atoms with Crippen LogP contribution < -0.4 is 10.2 Å². The fourth-order valence-corrected chi connectivity index (χ4v) is 7.13. The third-order valence-electron chi connectivity index (χ3n) is 6.58. The Hall–Kier alpha value is -2.71. The number of hydrogen-bond donors (Lipinski definition) is 1. The number of fused-ring (bicyclic) bond motifs is 2. The molecule has 1 aromatic heterocycles. The van der Waals surface area contributed by atoms with Crippen molar-refractivity contribution in [2.24, 2.45) is 5.92 Å². The summed E-state index contributed by atoms with van der Waals surface area (Å²) in [6, 6.07) is 12.4. The molecule has 2 aromatic carbocycles. The van der Waals surface area contributed by atoms with Gasteiger partial charge in [0.05, 0.1) is 27.1 Å². The highest BCUT2D eigenvalue weighted by Crippen LogP contribution is 2.45. The molecule has 2 heterocycles. The van der Waals surface area contributed by atoms with Crippen molar-refractivity contribution in [2.45, 2.75) is 47.8 Å².